The molecule has 2 bridgehead atoms. The zero-order chi connectivity index (χ0) is 14.2. The third-order valence-corrected chi connectivity index (χ3v) is 4.18. The Morgan fingerprint density at radius 3 is 2.26 bits per heavy atom. The highest BCUT2D eigenvalue weighted by atomic mass is 16.6. The van der Waals surface area contributed by atoms with E-state index in [0.29, 0.717) is 6.42 Å². The quantitative estimate of drug-likeness (QED) is 0.807. The van der Waals surface area contributed by atoms with Crippen LogP contribution < -0.4 is 5.32 Å². The smallest absolute Gasteiger partial charge is 0.407 e. The van der Waals surface area contributed by atoms with E-state index in [-0.39, 0.29) is 23.8 Å². The van der Waals surface area contributed by atoms with Crippen LogP contribution in [0.4, 0.5) is 4.79 Å². The number of carbonyl (C=O) groups excluding carboxylic acids is 1. The van der Waals surface area contributed by atoms with Gasteiger partial charge >= 0.3 is 12.1 Å². The Morgan fingerprint density at radius 1 is 1.16 bits per heavy atom. The number of nitrogens with one attached hydrogen (secondary N) is 1. The second kappa shape index (κ2) is 5.02. The Balaban J connectivity index is 1.91. The SMILES string of the molecule is CC(C)(C)OC(=O)NC1CC2CCC1CC2C(=O)O. The molecule has 0 aliphatic heterocycles. The van der Waals surface area contributed by atoms with E-state index in [1.807, 2.05) is 20.8 Å². The van der Waals surface area contributed by atoms with Gasteiger partial charge in [0.1, 0.15) is 5.60 Å². The standard InChI is InChI=1S/C14H23NO4/c1-14(2,3)19-13(18)15-11-7-8-4-5-9(11)6-10(8)12(16)17/h8-11H,4-7H2,1-3H3,(H,15,18)(H,16,17). The minimum absolute atomic E-state index is 0.0733. The van der Waals surface area contributed by atoms with Crippen molar-refractivity contribution in [2.75, 3.05) is 0 Å². The fourth-order valence-electron chi connectivity index (χ4n) is 3.37. The molecule has 3 fully saturated rings. The Labute approximate surface area is 113 Å². The molecule has 1 amide bonds. The molecule has 0 spiro atoms. The van der Waals surface area contributed by atoms with Gasteiger partial charge in [-0.25, -0.2) is 4.79 Å². The van der Waals surface area contributed by atoms with Crippen LogP contribution in [-0.2, 0) is 9.53 Å². The number of fused-ring (bicyclic) bond motifs is 3. The molecule has 2 N–H and O–H groups in total. The maximum Gasteiger partial charge on any atom is 0.407 e. The summed E-state index contributed by atoms with van der Waals surface area (Å²) in [6, 6.07) is 0.0733. The fourth-order valence-corrected chi connectivity index (χ4v) is 3.37. The average molecular weight is 269 g/mol. The Hall–Kier alpha value is -1.26. The second-order valence-electron chi connectivity index (χ2n) is 6.77. The largest absolute Gasteiger partial charge is 0.481 e. The van der Waals surface area contributed by atoms with Gasteiger partial charge in [-0.15, -0.1) is 0 Å². The van der Waals surface area contributed by atoms with E-state index in [0.717, 1.165) is 19.3 Å². The van der Waals surface area contributed by atoms with E-state index >= 15 is 0 Å². The lowest BCUT2D eigenvalue weighted by atomic mass is 9.62. The fraction of sp³-hybridized carbons (Fsp3) is 0.857. The summed E-state index contributed by atoms with van der Waals surface area (Å²) in [4.78, 5) is 22.9. The molecule has 3 rings (SSSR count). The summed E-state index contributed by atoms with van der Waals surface area (Å²) in [5, 5.41) is 12.1. The summed E-state index contributed by atoms with van der Waals surface area (Å²) < 4.78 is 5.26. The molecule has 0 saturated heterocycles. The first-order chi connectivity index (χ1) is 8.76. The summed E-state index contributed by atoms with van der Waals surface area (Å²) in [5.41, 5.74) is -0.499. The van der Waals surface area contributed by atoms with Crippen LogP contribution in [0.2, 0.25) is 0 Å². The van der Waals surface area contributed by atoms with Gasteiger partial charge in [-0.2, -0.15) is 0 Å². The molecule has 4 atom stereocenters. The molecule has 0 aromatic rings. The van der Waals surface area contributed by atoms with Gasteiger partial charge < -0.3 is 15.2 Å². The molecule has 5 nitrogen and oxygen atoms in total. The summed E-state index contributed by atoms with van der Waals surface area (Å²) >= 11 is 0. The number of carboxylic acids is 1. The number of rotatable bonds is 2. The highest BCUT2D eigenvalue weighted by molar-refractivity contribution is 5.71. The number of aliphatic carboxylic acids is 1. The second-order valence-corrected chi connectivity index (χ2v) is 6.77. The molecule has 0 aromatic heterocycles. The predicted molar refractivity (Wildman–Crippen MR) is 69.7 cm³/mol. The van der Waals surface area contributed by atoms with Crippen molar-refractivity contribution in [2.24, 2.45) is 17.8 Å². The molecule has 3 saturated carbocycles. The van der Waals surface area contributed by atoms with Crippen molar-refractivity contribution in [2.45, 2.75) is 58.1 Å². The van der Waals surface area contributed by atoms with Crippen LogP contribution in [0.15, 0.2) is 0 Å². The number of carbonyl (C=O) groups is 2. The number of ether oxygens (including phenoxy) is 1. The molecule has 0 radical (unpaired) electrons. The molecule has 0 aromatic carbocycles. The monoisotopic (exact) mass is 269 g/mol. The van der Waals surface area contributed by atoms with Gasteiger partial charge in [-0.05, 0) is 58.3 Å². The van der Waals surface area contributed by atoms with Crippen molar-refractivity contribution in [3.05, 3.63) is 0 Å². The van der Waals surface area contributed by atoms with Gasteiger partial charge in [-0.1, -0.05) is 0 Å². The lowest BCUT2D eigenvalue weighted by molar-refractivity contribution is -0.148. The van der Waals surface area contributed by atoms with Gasteiger partial charge in [0, 0.05) is 6.04 Å². The first kappa shape index (κ1) is 14.2. The van der Waals surface area contributed by atoms with E-state index in [1.165, 1.54) is 0 Å². The van der Waals surface area contributed by atoms with E-state index in [9.17, 15) is 9.59 Å². The van der Waals surface area contributed by atoms with E-state index < -0.39 is 17.7 Å². The highest BCUT2D eigenvalue weighted by Crippen LogP contribution is 2.45. The van der Waals surface area contributed by atoms with Crippen LogP contribution in [-0.4, -0.2) is 28.8 Å². The molecular weight excluding hydrogens is 246 g/mol. The number of hydrogen-bond acceptors (Lipinski definition) is 3. The maximum atomic E-state index is 11.8. The summed E-state index contributed by atoms with van der Waals surface area (Å²) in [6.45, 7) is 5.50. The Bertz CT molecular complexity index is 374. The summed E-state index contributed by atoms with van der Waals surface area (Å²) in [6.07, 6.45) is 3.03. The van der Waals surface area contributed by atoms with Crippen LogP contribution in [0.3, 0.4) is 0 Å². The number of carboxylic acid groups (broad SMARTS) is 1. The average Bonchev–Trinajstić information content (AvgIpc) is 2.26. The van der Waals surface area contributed by atoms with E-state index in [2.05, 4.69) is 5.32 Å². The lowest BCUT2D eigenvalue weighted by Gasteiger charge is -2.45. The van der Waals surface area contributed by atoms with Crippen LogP contribution in [0.25, 0.3) is 0 Å². The molecule has 5 heteroatoms. The van der Waals surface area contributed by atoms with Crippen molar-refractivity contribution >= 4 is 12.1 Å². The van der Waals surface area contributed by atoms with Crippen molar-refractivity contribution < 1.29 is 19.4 Å². The number of alkyl carbamates (subject to hydrolysis) is 1. The van der Waals surface area contributed by atoms with Crippen molar-refractivity contribution in [1.82, 2.24) is 5.32 Å². The topological polar surface area (TPSA) is 75.6 Å². The molecule has 3 aliphatic carbocycles. The van der Waals surface area contributed by atoms with Crippen LogP contribution in [0.1, 0.15) is 46.5 Å². The number of hydrogen-bond donors (Lipinski definition) is 2. The third-order valence-electron chi connectivity index (χ3n) is 4.18. The molecule has 0 heterocycles. The Kier molecular flexibility index (Phi) is 3.74. The first-order valence-corrected chi connectivity index (χ1v) is 6.98. The molecular formula is C14H23NO4. The van der Waals surface area contributed by atoms with Crippen molar-refractivity contribution in [3.63, 3.8) is 0 Å². The van der Waals surface area contributed by atoms with Gasteiger partial charge in [0.2, 0.25) is 0 Å². The van der Waals surface area contributed by atoms with E-state index in [1.54, 1.807) is 0 Å². The zero-order valence-corrected chi connectivity index (χ0v) is 11.8. The third kappa shape index (κ3) is 3.39. The Morgan fingerprint density at radius 2 is 1.79 bits per heavy atom. The summed E-state index contributed by atoms with van der Waals surface area (Å²) in [7, 11) is 0. The van der Waals surface area contributed by atoms with Gasteiger partial charge in [-0.3, -0.25) is 4.79 Å². The maximum absolute atomic E-state index is 11.8. The number of amides is 1. The minimum Gasteiger partial charge on any atom is -0.481 e. The minimum atomic E-state index is -0.689. The highest BCUT2D eigenvalue weighted by Gasteiger charge is 2.45. The molecule has 4 unspecified atom stereocenters. The predicted octanol–water partition coefficient (Wildman–Crippen LogP) is 2.40. The van der Waals surface area contributed by atoms with Gasteiger partial charge in [0.25, 0.3) is 0 Å². The summed E-state index contributed by atoms with van der Waals surface area (Å²) in [5.74, 6) is -0.443. The molecule has 3 aliphatic rings. The van der Waals surface area contributed by atoms with Crippen LogP contribution in [0, 0.1) is 17.8 Å². The zero-order valence-electron chi connectivity index (χ0n) is 11.8. The normalized spacial score (nSPS) is 33.8. The molecule has 108 valence electrons. The van der Waals surface area contributed by atoms with Crippen molar-refractivity contribution in [3.8, 4) is 0 Å². The molecule has 19 heavy (non-hydrogen) atoms. The van der Waals surface area contributed by atoms with E-state index in [4.69, 9.17) is 9.84 Å². The van der Waals surface area contributed by atoms with Crippen LogP contribution >= 0.6 is 0 Å². The van der Waals surface area contributed by atoms with Crippen molar-refractivity contribution in [1.29, 1.82) is 0 Å². The van der Waals surface area contributed by atoms with Gasteiger partial charge in [0.15, 0.2) is 0 Å². The first-order valence-electron chi connectivity index (χ1n) is 6.98. The van der Waals surface area contributed by atoms with Crippen LogP contribution in [0.5, 0.6) is 0 Å². The lowest BCUT2D eigenvalue weighted by Crippen LogP contribution is -2.52. The van der Waals surface area contributed by atoms with Gasteiger partial charge in [0.05, 0.1) is 5.92 Å².